The van der Waals surface area contributed by atoms with Crippen molar-refractivity contribution in [3.05, 3.63) is 101 Å². The van der Waals surface area contributed by atoms with Crippen molar-refractivity contribution in [2.75, 3.05) is 6.54 Å². The van der Waals surface area contributed by atoms with Crippen LogP contribution in [0.2, 0.25) is 0 Å². The summed E-state index contributed by atoms with van der Waals surface area (Å²) in [5.41, 5.74) is 5.32. The molecule has 3 aromatic carbocycles. The van der Waals surface area contributed by atoms with Crippen molar-refractivity contribution in [2.45, 2.75) is 58.1 Å². The molecule has 3 nitrogen and oxygen atoms in total. The summed E-state index contributed by atoms with van der Waals surface area (Å²) < 4.78 is 6.14. The fourth-order valence-corrected chi connectivity index (χ4v) is 7.63. The molecule has 3 aromatic rings. The van der Waals surface area contributed by atoms with E-state index >= 15 is 0 Å². The van der Waals surface area contributed by atoms with Crippen LogP contribution < -0.4 is 10.1 Å². The number of hydrogen-bond acceptors (Lipinski definition) is 3. The van der Waals surface area contributed by atoms with Crippen LogP contribution in [0, 0.1) is 23.2 Å². The van der Waals surface area contributed by atoms with Crippen LogP contribution in [-0.4, -0.2) is 12.3 Å². The van der Waals surface area contributed by atoms with Crippen molar-refractivity contribution >= 4 is 5.78 Å². The van der Waals surface area contributed by atoms with Gasteiger partial charge in [-0.2, -0.15) is 0 Å². The third kappa shape index (κ3) is 4.39. The third-order valence-corrected chi connectivity index (χ3v) is 9.37. The normalized spacial score (nSPS) is 28.8. The first kappa shape index (κ1) is 23.5. The highest BCUT2D eigenvalue weighted by Crippen LogP contribution is 2.61. The van der Waals surface area contributed by atoms with Gasteiger partial charge in [0.15, 0.2) is 0 Å². The molecule has 186 valence electrons. The standard InChI is InChI=1S/C33H37NO2/c1-33-17-16-29-28-15-13-27(36-22-24-10-6-3-7-11-24)18-25(28)12-14-30(29)32(33)26(19-31(33)35)21-34-20-23-8-4-2-5-9-23/h2-11,13,15,18,26,29-30,32,34H,12,14,16-17,19-22H2,1H3/t26-,29-,30-,32+,33-/m1/s1. The molecule has 5 atom stereocenters. The number of rotatable bonds is 7. The van der Waals surface area contributed by atoms with Gasteiger partial charge in [-0.05, 0) is 90.3 Å². The van der Waals surface area contributed by atoms with Gasteiger partial charge in [-0.1, -0.05) is 73.7 Å². The van der Waals surface area contributed by atoms with Crippen LogP contribution in [0.4, 0.5) is 0 Å². The molecule has 0 aliphatic heterocycles. The zero-order chi connectivity index (χ0) is 24.5. The topological polar surface area (TPSA) is 38.3 Å². The lowest BCUT2D eigenvalue weighted by atomic mass is 9.54. The summed E-state index contributed by atoms with van der Waals surface area (Å²) in [5, 5.41) is 3.70. The van der Waals surface area contributed by atoms with E-state index in [1.54, 1.807) is 0 Å². The zero-order valence-electron chi connectivity index (χ0n) is 21.3. The van der Waals surface area contributed by atoms with E-state index in [-0.39, 0.29) is 5.41 Å². The molecule has 3 aliphatic carbocycles. The number of ether oxygens (including phenoxy) is 1. The van der Waals surface area contributed by atoms with E-state index in [0.717, 1.165) is 44.5 Å². The van der Waals surface area contributed by atoms with Crippen molar-refractivity contribution in [3.63, 3.8) is 0 Å². The van der Waals surface area contributed by atoms with Crippen LogP contribution in [0.3, 0.4) is 0 Å². The maximum atomic E-state index is 13.3. The number of benzene rings is 3. The quantitative estimate of drug-likeness (QED) is 0.409. The second-order valence-electron chi connectivity index (χ2n) is 11.4. The van der Waals surface area contributed by atoms with E-state index in [2.05, 4.69) is 85.0 Å². The van der Waals surface area contributed by atoms with Crippen LogP contribution in [-0.2, 0) is 24.4 Å². The summed E-state index contributed by atoms with van der Waals surface area (Å²) >= 11 is 0. The Balaban J connectivity index is 1.17. The number of carbonyl (C=O) groups is 1. The van der Waals surface area contributed by atoms with Gasteiger partial charge in [0.2, 0.25) is 0 Å². The summed E-state index contributed by atoms with van der Waals surface area (Å²) in [6, 6.07) is 27.7. The number of nitrogens with one attached hydrogen (secondary N) is 1. The van der Waals surface area contributed by atoms with Gasteiger partial charge in [0.05, 0.1) is 0 Å². The Labute approximate surface area is 215 Å². The number of hydrogen-bond donors (Lipinski definition) is 1. The Morgan fingerprint density at radius 2 is 1.69 bits per heavy atom. The first-order valence-electron chi connectivity index (χ1n) is 13.7. The summed E-state index contributed by atoms with van der Waals surface area (Å²) in [5.74, 6) is 3.56. The van der Waals surface area contributed by atoms with Crippen LogP contribution in [0.1, 0.15) is 60.8 Å². The molecule has 2 fully saturated rings. The number of ketones is 1. The second kappa shape index (κ2) is 9.86. The Morgan fingerprint density at radius 1 is 0.944 bits per heavy atom. The first-order valence-corrected chi connectivity index (χ1v) is 13.7. The first-order chi connectivity index (χ1) is 17.6. The minimum atomic E-state index is -0.142. The Kier molecular flexibility index (Phi) is 6.43. The highest BCUT2D eigenvalue weighted by atomic mass is 16.5. The van der Waals surface area contributed by atoms with Crippen molar-refractivity contribution in [2.24, 2.45) is 23.2 Å². The smallest absolute Gasteiger partial charge is 0.139 e. The van der Waals surface area contributed by atoms with Gasteiger partial charge < -0.3 is 10.1 Å². The molecule has 36 heavy (non-hydrogen) atoms. The molecule has 0 aromatic heterocycles. The van der Waals surface area contributed by atoms with Gasteiger partial charge in [-0.15, -0.1) is 0 Å². The molecule has 0 heterocycles. The Bertz CT molecular complexity index is 1210. The summed E-state index contributed by atoms with van der Waals surface area (Å²) in [6.07, 6.45) is 5.17. The highest BCUT2D eigenvalue weighted by Gasteiger charge is 2.58. The lowest BCUT2D eigenvalue weighted by Crippen LogP contribution is -2.45. The number of aryl methyl sites for hydroxylation is 1. The molecule has 0 radical (unpaired) electrons. The SMILES string of the molecule is C[C@]12CC[C@@H]3c4ccc(OCc5ccccc5)cc4CC[C@H]3[C@@H]1[C@@H](CNCc1ccccc1)CC2=O. The van der Waals surface area contributed by atoms with E-state index in [0.29, 0.717) is 36.1 Å². The minimum absolute atomic E-state index is 0.142. The molecule has 2 saturated carbocycles. The fourth-order valence-electron chi connectivity index (χ4n) is 7.63. The molecule has 3 heteroatoms. The van der Waals surface area contributed by atoms with Gasteiger partial charge in [0.25, 0.3) is 0 Å². The van der Waals surface area contributed by atoms with Crippen molar-refractivity contribution in [1.29, 1.82) is 0 Å². The molecule has 6 rings (SSSR count). The van der Waals surface area contributed by atoms with Crippen LogP contribution in [0.25, 0.3) is 0 Å². The van der Waals surface area contributed by atoms with Crippen molar-refractivity contribution in [1.82, 2.24) is 5.32 Å². The summed E-state index contributed by atoms with van der Waals surface area (Å²) in [6.45, 7) is 4.69. The monoisotopic (exact) mass is 479 g/mol. The molecular formula is C33H37NO2. The van der Waals surface area contributed by atoms with E-state index in [1.165, 1.54) is 28.7 Å². The second-order valence-corrected chi connectivity index (χ2v) is 11.4. The highest BCUT2D eigenvalue weighted by molar-refractivity contribution is 5.87. The molecule has 0 saturated heterocycles. The molecule has 0 bridgehead atoms. The fraction of sp³-hybridized carbons (Fsp3) is 0.424. The average molecular weight is 480 g/mol. The summed E-state index contributed by atoms with van der Waals surface area (Å²) in [7, 11) is 0. The molecule has 0 amide bonds. The lowest BCUT2D eigenvalue weighted by Gasteiger charge is -2.50. The molecular weight excluding hydrogens is 442 g/mol. The van der Waals surface area contributed by atoms with Crippen LogP contribution in [0.5, 0.6) is 5.75 Å². The molecule has 0 spiro atoms. The van der Waals surface area contributed by atoms with Gasteiger partial charge in [-0.3, -0.25) is 4.79 Å². The van der Waals surface area contributed by atoms with Crippen molar-refractivity contribution in [3.8, 4) is 5.75 Å². The lowest BCUT2D eigenvalue weighted by molar-refractivity contribution is -0.129. The average Bonchev–Trinajstić information content (AvgIpc) is 3.18. The van der Waals surface area contributed by atoms with Gasteiger partial charge in [-0.25, -0.2) is 0 Å². The van der Waals surface area contributed by atoms with Gasteiger partial charge in [0, 0.05) is 18.4 Å². The number of fused-ring (bicyclic) bond motifs is 5. The molecule has 0 unspecified atom stereocenters. The predicted molar refractivity (Wildman–Crippen MR) is 144 cm³/mol. The predicted octanol–water partition coefficient (Wildman–Crippen LogP) is 6.71. The van der Waals surface area contributed by atoms with Crippen LogP contribution in [0.15, 0.2) is 78.9 Å². The molecule has 1 N–H and O–H groups in total. The van der Waals surface area contributed by atoms with E-state index in [4.69, 9.17) is 4.74 Å². The minimum Gasteiger partial charge on any atom is -0.489 e. The van der Waals surface area contributed by atoms with Gasteiger partial charge >= 0.3 is 0 Å². The maximum absolute atomic E-state index is 13.3. The van der Waals surface area contributed by atoms with Gasteiger partial charge in [0.1, 0.15) is 18.1 Å². The Morgan fingerprint density at radius 3 is 2.47 bits per heavy atom. The number of carbonyl (C=O) groups excluding carboxylic acids is 1. The third-order valence-electron chi connectivity index (χ3n) is 9.37. The van der Waals surface area contributed by atoms with E-state index in [9.17, 15) is 4.79 Å². The Hall–Kier alpha value is -2.91. The largest absolute Gasteiger partial charge is 0.489 e. The van der Waals surface area contributed by atoms with Crippen molar-refractivity contribution < 1.29 is 9.53 Å². The van der Waals surface area contributed by atoms with E-state index in [1.807, 2.05) is 6.07 Å². The zero-order valence-corrected chi connectivity index (χ0v) is 21.3. The van der Waals surface area contributed by atoms with E-state index < -0.39 is 0 Å². The summed E-state index contributed by atoms with van der Waals surface area (Å²) in [4.78, 5) is 13.3. The number of Topliss-reactive ketones (excluding diaryl/α,β-unsaturated/α-hetero) is 1. The maximum Gasteiger partial charge on any atom is 0.139 e. The molecule has 3 aliphatic rings. The van der Waals surface area contributed by atoms with Crippen LogP contribution >= 0.6 is 0 Å².